The molecule has 0 radical (unpaired) electrons. The molecule has 0 saturated heterocycles. The summed E-state index contributed by atoms with van der Waals surface area (Å²) < 4.78 is 16.7. The third kappa shape index (κ3) is 52.6. The van der Waals surface area contributed by atoms with Crippen LogP contribution in [0.25, 0.3) is 0 Å². The van der Waals surface area contributed by atoms with E-state index in [4.69, 9.17) is 14.2 Å². The molecule has 0 heterocycles. The molecular formula is C61H98O6. The van der Waals surface area contributed by atoms with Crippen LogP contribution in [0.4, 0.5) is 0 Å². The molecule has 6 heteroatoms. The Labute approximate surface area is 412 Å². The molecule has 378 valence electrons. The summed E-state index contributed by atoms with van der Waals surface area (Å²) in [6, 6.07) is 0. The second-order valence-electron chi connectivity index (χ2n) is 17.4. The minimum absolute atomic E-state index is 0.140. The van der Waals surface area contributed by atoms with Crippen molar-refractivity contribution in [2.75, 3.05) is 13.2 Å². The molecule has 0 saturated carbocycles. The van der Waals surface area contributed by atoms with Gasteiger partial charge >= 0.3 is 17.9 Å². The smallest absolute Gasteiger partial charge is 0.306 e. The van der Waals surface area contributed by atoms with Crippen molar-refractivity contribution in [2.24, 2.45) is 0 Å². The first kappa shape index (κ1) is 62.8. The van der Waals surface area contributed by atoms with Crippen molar-refractivity contribution >= 4 is 17.9 Å². The average Bonchev–Trinajstić information content (AvgIpc) is 3.33. The van der Waals surface area contributed by atoms with E-state index >= 15 is 0 Å². The number of rotatable bonds is 47. The SMILES string of the molecule is CCCCC/C=C\C/C=C\C/C=C\C/C=C\CCCC(=O)OC[C@H](COC(=O)CCC/C=C\C/C=C\C/C=C\CCCCCCCC)OC(=O)CCCC/C=C\C/C=C\C/C=C\CCCCC. The van der Waals surface area contributed by atoms with Crippen LogP contribution in [0.5, 0.6) is 0 Å². The molecule has 0 aliphatic rings. The van der Waals surface area contributed by atoms with Gasteiger partial charge in [0.1, 0.15) is 13.2 Å². The fourth-order valence-electron chi connectivity index (χ4n) is 6.81. The maximum atomic E-state index is 12.8. The number of carbonyl (C=O) groups excluding carboxylic acids is 3. The lowest BCUT2D eigenvalue weighted by Crippen LogP contribution is -2.30. The standard InChI is InChI=1S/C61H98O6/c1-4-7-10-13-16-19-22-25-28-30-33-35-38-41-44-47-50-53-59(62)65-56-58(67-61(64)55-52-49-46-43-40-37-32-27-24-21-18-15-12-9-6-3)57-66-60(63)54-51-48-45-42-39-36-34-31-29-26-23-20-17-14-11-8-5-2/h16,18-19,21,25-29,32-36,40-45,58H,4-15,17,20,22-24,30-31,37-39,46-57H2,1-3H3/b19-16-,21-18-,28-25-,29-26-,32-27-,35-33-,36-34-,43-40-,44-41-,45-42-/t58-/m1/s1. The lowest BCUT2D eigenvalue weighted by atomic mass is 10.1. The Balaban J connectivity index is 4.63. The zero-order valence-corrected chi connectivity index (χ0v) is 43.1. The molecule has 0 aromatic heterocycles. The summed E-state index contributed by atoms with van der Waals surface area (Å²) in [5, 5.41) is 0. The summed E-state index contributed by atoms with van der Waals surface area (Å²) in [5.74, 6) is -1.09. The quantitative estimate of drug-likeness (QED) is 0.0262. The number of hydrogen-bond acceptors (Lipinski definition) is 6. The van der Waals surface area contributed by atoms with E-state index in [0.717, 1.165) is 70.6 Å². The van der Waals surface area contributed by atoms with Gasteiger partial charge in [0.2, 0.25) is 0 Å². The topological polar surface area (TPSA) is 78.9 Å². The second-order valence-corrected chi connectivity index (χ2v) is 17.4. The molecule has 0 rings (SSSR count). The Morgan fingerprint density at radius 3 is 0.910 bits per heavy atom. The van der Waals surface area contributed by atoms with Crippen molar-refractivity contribution in [3.63, 3.8) is 0 Å². The summed E-state index contributed by atoms with van der Waals surface area (Å²) in [7, 11) is 0. The van der Waals surface area contributed by atoms with E-state index in [2.05, 4.69) is 142 Å². The number of hydrogen-bond donors (Lipinski definition) is 0. The first-order valence-electron chi connectivity index (χ1n) is 27.0. The van der Waals surface area contributed by atoms with Crippen LogP contribution < -0.4 is 0 Å². The van der Waals surface area contributed by atoms with E-state index < -0.39 is 6.10 Å². The highest BCUT2D eigenvalue weighted by Gasteiger charge is 2.19. The van der Waals surface area contributed by atoms with E-state index in [-0.39, 0.29) is 50.4 Å². The normalized spacial score (nSPS) is 13.1. The molecule has 0 unspecified atom stereocenters. The second kappa shape index (κ2) is 54.4. The van der Waals surface area contributed by atoms with E-state index in [9.17, 15) is 14.4 Å². The van der Waals surface area contributed by atoms with Gasteiger partial charge in [-0.05, 0) is 128 Å². The van der Waals surface area contributed by atoms with Gasteiger partial charge in [0, 0.05) is 19.3 Å². The van der Waals surface area contributed by atoms with Gasteiger partial charge in [0.25, 0.3) is 0 Å². The summed E-state index contributed by atoms with van der Waals surface area (Å²) in [6.45, 7) is 6.43. The molecule has 0 bridgehead atoms. The fourth-order valence-corrected chi connectivity index (χ4v) is 6.81. The van der Waals surface area contributed by atoms with Gasteiger partial charge in [-0.3, -0.25) is 14.4 Å². The van der Waals surface area contributed by atoms with Crippen LogP contribution in [-0.2, 0) is 28.6 Å². The van der Waals surface area contributed by atoms with E-state index in [1.165, 1.54) is 96.3 Å². The number of carbonyl (C=O) groups is 3. The van der Waals surface area contributed by atoms with E-state index in [1.807, 2.05) is 0 Å². The van der Waals surface area contributed by atoms with Crippen LogP contribution in [0.3, 0.4) is 0 Å². The molecule has 0 fully saturated rings. The molecule has 0 aliphatic heterocycles. The van der Waals surface area contributed by atoms with Gasteiger partial charge in [-0.15, -0.1) is 0 Å². The number of ether oxygens (including phenoxy) is 3. The summed E-state index contributed by atoms with van der Waals surface area (Å²) in [6.07, 6.45) is 74.8. The molecule has 1 atom stereocenters. The molecule has 0 amide bonds. The van der Waals surface area contributed by atoms with Gasteiger partial charge in [0.15, 0.2) is 6.10 Å². The van der Waals surface area contributed by atoms with Crippen LogP contribution in [0.1, 0.15) is 226 Å². The van der Waals surface area contributed by atoms with Crippen molar-refractivity contribution in [1.29, 1.82) is 0 Å². The van der Waals surface area contributed by atoms with Crippen LogP contribution >= 0.6 is 0 Å². The predicted octanol–water partition coefficient (Wildman–Crippen LogP) is 18.1. The fraction of sp³-hybridized carbons (Fsp3) is 0.623. The maximum absolute atomic E-state index is 12.8. The van der Waals surface area contributed by atoms with Gasteiger partial charge < -0.3 is 14.2 Å². The van der Waals surface area contributed by atoms with Crippen molar-refractivity contribution in [1.82, 2.24) is 0 Å². The molecule has 6 nitrogen and oxygen atoms in total. The van der Waals surface area contributed by atoms with Crippen LogP contribution in [0.2, 0.25) is 0 Å². The third-order valence-corrected chi connectivity index (χ3v) is 10.9. The summed E-state index contributed by atoms with van der Waals surface area (Å²) in [5.41, 5.74) is 0. The monoisotopic (exact) mass is 927 g/mol. The zero-order chi connectivity index (χ0) is 48.6. The van der Waals surface area contributed by atoms with Gasteiger partial charge in [-0.2, -0.15) is 0 Å². The molecule has 0 aliphatic carbocycles. The van der Waals surface area contributed by atoms with Crippen LogP contribution in [0, 0.1) is 0 Å². The van der Waals surface area contributed by atoms with Crippen molar-refractivity contribution in [3.05, 3.63) is 122 Å². The maximum Gasteiger partial charge on any atom is 0.306 e. The lowest BCUT2D eigenvalue weighted by Gasteiger charge is -2.18. The number of unbranched alkanes of at least 4 members (excludes halogenated alkanes) is 16. The Bertz CT molecular complexity index is 1440. The largest absolute Gasteiger partial charge is 0.462 e. The van der Waals surface area contributed by atoms with E-state index in [1.54, 1.807) is 0 Å². The minimum atomic E-state index is -0.844. The highest BCUT2D eigenvalue weighted by Crippen LogP contribution is 2.10. The molecule has 67 heavy (non-hydrogen) atoms. The van der Waals surface area contributed by atoms with Crippen LogP contribution in [-0.4, -0.2) is 37.2 Å². The predicted molar refractivity (Wildman–Crippen MR) is 288 cm³/mol. The van der Waals surface area contributed by atoms with Gasteiger partial charge in [0.05, 0.1) is 0 Å². The number of esters is 3. The summed E-state index contributed by atoms with van der Waals surface area (Å²) >= 11 is 0. The first-order valence-corrected chi connectivity index (χ1v) is 27.0. The van der Waals surface area contributed by atoms with Crippen molar-refractivity contribution in [3.8, 4) is 0 Å². The molecular weight excluding hydrogens is 829 g/mol. The molecule has 0 spiro atoms. The number of allylic oxidation sites excluding steroid dienone is 20. The zero-order valence-electron chi connectivity index (χ0n) is 43.1. The minimum Gasteiger partial charge on any atom is -0.462 e. The third-order valence-electron chi connectivity index (χ3n) is 10.9. The van der Waals surface area contributed by atoms with Gasteiger partial charge in [-0.1, -0.05) is 200 Å². The Morgan fingerprint density at radius 1 is 0.299 bits per heavy atom. The summed E-state index contributed by atoms with van der Waals surface area (Å²) in [4.78, 5) is 38.0. The van der Waals surface area contributed by atoms with E-state index in [0.29, 0.717) is 19.3 Å². The average molecular weight is 927 g/mol. The Hall–Kier alpha value is -4.19. The first-order chi connectivity index (χ1) is 33.0. The molecule has 0 N–H and O–H groups in total. The highest BCUT2D eigenvalue weighted by atomic mass is 16.6. The Kier molecular flexibility index (Phi) is 51.0. The van der Waals surface area contributed by atoms with Crippen molar-refractivity contribution in [2.45, 2.75) is 232 Å². The molecule has 0 aromatic rings. The van der Waals surface area contributed by atoms with Crippen molar-refractivity contribution < 1.29 is 28.6 Å². The highest BCUT2D eigenvalue weighted by molar-refractivity contribution is 5.71. The Morgan fingerprint density at radius 2 is 0.552 bits per heavy atom. The lowest BCUT2D eigenvalue weighted by molar-refractivity contribution is -0.167. The molecule has 0 aromatic carbocycles. The van der Waals surface area contributed by atoms with Crippen LogP contribution in [0.15, 0.2) is 122 Å². The van der Waals surface area contributed by atoms with Gasteiger partial charge in [-0.25, -0.2) is 0 Å².